The number of fused-ring (bicyclic) bond motifs is 2. The van der Waals surface area contributed by atoms with Crippen LogP contribution in [0.25, 0.3) is 17.0 Å². The van der Waals surface area contributed by atoms with Crippen LogP contribution in [0.4, 0.5) is 4.79 Å². The van der Waals surface area contributed by atoms with Crippen LogP contribution in [0.15, 0.2) is 54.7 Å². The Balaban J connectivity index is 1.29. The summed E-state index contributed by atoms with van der Waals surface area (Å²) in [6, 6.07) is 14.9. The molecular weight excluding hydrogens is 482 g/mol. The molecule has 1 aliphatic heterocycles. The van der Waals surface area contributed by atoms with Crippen LogP contribution < -0.4 is 10.8 Å². The number of carbonyl (C=O) groups excluding carboxylic acids is 2. The number of morpholine rings is 1. The van der Waals surface area contributed by atoms with Crippen molar-refractivity contribution >= 4 is 28.9 Å². The second-order valence-electron chi connectivity index (χ2n) is 9.80. The summed E-state index contributed by atoms with van der Waals surface area (Å²) in [5.41, 5.74) is 7.56. The van der Waals surface area contributed by atoms with Crippen LogP contribution in [0.1, 0.15) is 34.7 Å². The first kappa shape index (κ1) is 26.0. The van der Waals surface area contributed by atoms with Crippen molar-refractivity contribution in [2.24, 2.45) is 0 Å². The van der Waals surface area contributed by atoms with Crippen molar-refractivity contribution in [2.75, 3.05) is 45.9 Å². The van der Waals surface area contributed by atoms with Crippen molar-refractivity contribution in [2.45, 2.75) is 25.3 Å². The highest BCUT2D eigenvalue weighted by molar-refractivity contribution is 5.90. The minimum Gasteiger partial charge on any atom is -0.378 e. The highest BCUT2D eigenvalue weighted by Crippen LogP contribution is 2.36. The number of urea groups is 1. The molecule has 200 valence electrons. The molecule has 2 heterocycles. The van der Waals surface area contributed by atoms with E-state index in [9.17, 15) is 9.59 Å². The predicted octanol–water partition coefficient (Wildman–Crippen LogP) is 3.26. The highest BCUT2D eigenvalue weighted by atomic mass is 16.5. The molecule has 1 fully saturated rings. The third kappa shape index (κ3) is 6.07. The molecule has 2 aliphatic rings. The molecule has 0 spiro atoms. The van der Waals surface area contributed by atoms with Gasteiger partial charge in [0, 0.05) is 61.9 Å². The Morgan fingerprint density at radius 3 is 2.84 bits per heavy atom. The van der Waals surface area contributed by atoms with E-state index in [1.54, 1.807) is 11.6 Å². The maximum absolute atomic E-state index is 12.6. The summed E-state index contributed by atoms with van der Waals surface area (Å²) in [4.78, 5) is 31.7. The van der Waals surface area contributed by atoms with Gasteiger partial charge in [0.1, 0.15) is 0 Å². The number of carbonyl (C=O) groups is 2. The molecule has 1 unspecified atom stereocenters. The Morgan fingerprint density at radius 1 is 1.16 bits per heavy atom. The van der Waals surface area contributed by atoms with Crippen LogP contribution in [0.5, 0.6) is 0 Å². The van der Waals surface area contributed by atoms with Gasteiger partial charge in [0.25, 0.3) is 5.91 Å². The first-order chi connectivity index (χ1) is 18.6. The van der Waals surface area contributed by atoms with Gasteiger partial charge in [-0.2, -0.15) is 0 Å². The van der Waals surface area contributed by atoms with E-state index in [1.807, 2.05) is 17.0 Å². The van der Waals surface area contributed by atoms with Crippen molar-refractivity contribution in [3.8, 4) is 0 Å². The normalized spacial score (nSPS) is 17.3. The lowest BCUT2D eigenvalue weighted by Gasteiger charge is -2.31. The number of nitrogens with one attached hydrogen (secondary N) is 3. The van der Waals surface area contributed by atoms with E-state index in [-0.39, 0.29) is 12.1 Å². The lowest BCUT2D eigenvalue weighted by atomic mass is 10.0. The van der Waals surface area contributed by atoms with E-state index in [1.165, 1.54) is 28.2 Å². The van der Waals surface area contributed by atoms with Gasteiger partial charge in [0.2, 0.25) is 0 Å². The van der Waals surface area contributed by atoms with Crippen molar-refractivity contribution in [3.05, 3.63) is 77.0 Å². The van der Waals surface area contributed by atoms with Crippen LogP contribution in [-0.4, -0.2) is 77.9 Å². The van der Waals surface area contributed by atoms with Gasteiger partial charge in [-0.1, -0.05) is 36.4 Å². The summed E-state index contributed by atoms with van der Waals surface area (Å²) in [6.07, 6.45) is 7.99. The maximum Gasteiger partial charge on any atom is 0.317 e. The monoisotopic (exact) mass is 517 g/mol. The number of aryl methyl sites for hydroxylation is 1. The number of nitrogens with zero attached hydrogens (tertiary/aromatic N) is 2. The fraction of sp³-hybridized carbons (Fsp3) is 0.379. The van der Waals surface area contributed by atoms with Crippen LogP contribution in [0.3, 0.4) is 0 Å². The van der Waals surface area contributed by atoms with Gasteiger partial charge >= 0.3 is 6.03 Å². The van der Waals surface area contributed by atoms with E-state index in [4.69, 9.17) is 9.94 Å². The number of hydrogen-bond donors (Lipinski definition) is 4. The number of ether oxygens (including phenoxy) is 1. The summed E-state index contributed by atoms with van der Waals surface area (Å²) in [5.74, 6) is -0.550. The Labute approximate surface area is 222 Å². The van der Waals surface area contributed by atoms with Crippen LogP contribution in [0.2, 0.25) is 0 Å². The van der Waals surface area contributed by atoms with E-state index in [0.29, 0.717) is 32.8 Å². The summed E-state index contributed by atoms with van der Waals surface area (Å²) in [5, 5.41) is 13.1. The Hall–Kier alpha value is -3.66. The molecule has 3 amide bonds. The molecule has 5 rings (SSSR count). The molecule has 3 aromatic rings. The summed E-state index contributed by atoms with van der Waals surface area (Å²) < 4.78 is 5.36. The average molecular weight is 518 g/mol. The van der Waals surface area contributed by atoms with Gasteiger partial charge in [-0.3, -0.25) is 14.9 Å². The van der Waals surface area contributed by atoms with E-state index in [0.717, 1.165) is 43.4 Å². The zero-order valence-electron chi connectivity index (χ0n) is 21.5. The van der Waals surface area contributed by atoms with Crippen molar-refractivity contribution < 1.29 is 19.5 Å². The number of benzene rings is 2. The minimum atomic E-state index is -0.550. The number of amides is 3. The molecular formula is C29H35N5O4. The SMILES string of the molecule is O=C(/C=C/c1ccc2c(c1)CCC2N(CCNC(=O)N1CCOCC1)CCc1c[nH]c2ccccc12)NO. The Bertz CT molecular complexity index is 1300. The highest BCUT2D eigenvalue weighted by Gasteiger charge is 2.28. The van der Waals surface area contributed by atoms with E-state index < -0.39 is 5.91 Å². The third-order valence-electron chi connectivity index (χ3n) is 7.51. The summed E-state index contributed by atoms with van der Waals surface area (Å²) >= 11 is 0. The maximum atomic E-state index is 12.6. The molecule has 38 heavy (non-hydrogen) atoms. The molecule has 2 aromatic carbocycles. The molecule has 0 bridgehead atoms. The fourth-order valence-corrected chi connectivity index (χ4v) is 5.52. The molecule has 1 atom stereocenters. The van der Waals surface area contributed by atoms with Gasteiger partial charge in [-0.15, -0.1) is 0 Å². The quantitative estimate of drug-likeness (QED) is 0.198. The Morgan fingerprint density at radius 2 is 2.00 bits per heavy atom. The fourth-order valence-electron chi connectivity index (χ4n) is 5.52. The number of hydrogen-bond acceptors (Lipinski definition) is 5. The molecule has 0 saturated carbocycles. The average Bonchev–Trinajstić information content (AvgIpc) is 3.58. The molecule has 4 N–H and O–H groups in total. The van der Waals surface area contributed by atoms with E-state index in [2.05, 4.69) is 51.7 Å². The van der Waals surface area contributed by atoms with Gasteiger partial charge in [-0.05, 0) is 53.7 Å². The smallest absolute Gasteiger partial charge is 0.317 e. The zero-order valence-corrected chi connectivity index (χ0v) is 21.5. The van der Waals surface area contributed by atoms with Crippen LogP contribution >= 0.6 is 0 Å². The molecule has 1 saturated heterocycles. The third-order valence-corrected chi connectivity index (χ3v) is 7.51. The zero-order chi connectivity index (χ0) is 26.3. The number of rotatable bonds is 9. The number of hydroxylamine groups is 1. The van der Waals surface area contributed by atoms with Gasteiger partial charge < -0.3 is 19.9 Å². The van der Waals surface area contributed by atoms with Crippen LogP contribution in [0, 0.1) is 0 Å². The second-order valence-corrected chi connectivity index (χ2v) is 9.80. The first-order valence-electron chi connectivity index (χ1n) is 13.3. The predicted molar refractivity (Wildman–Crippen MR) is 146 cm³/mol. The van der Waals surface area contributed by atoms with Crippen molar-refractivity contribution in [1.29, 1.82) is 0 Å². The van der Waals surface area contributed by atoms with Crippen molar-refractivity contribution in [3.63, 3.8) is 0 Å². The van der Waals surface area contributed by atoms with Gasteiger partial charge in [0.15, 0.2) is 0 Å². The number of aromatic nitrogens is 1. The largest absolute Gasteiger partial charge is 0.378 e. The van der Waals surface area contributed by atoms with E-state index >= 15 is 0 Å². The first-order valence-corrected chi connectivity index (χ1v) is 13.3. The van der Waals surface area contributed by atoms with Gasteiger partial charge in [0.05, 0.1) is 13.2 Å². The minimum absolute atomic E-state index is 0.0277. The van der Waals surface area contributed by atoms with Gasteiger partial charge in [-0.25, -0.2) is 10.3 Å². The van der Waals surface area contributed by atoms with Crippen LogP contribution in [-0.2, 0) is 22.4 Å². The molecule has 9 heteroatoms. The molecule has 1 aromatic heterocycles. The second kappa shape index (κ2) is 12.3. The lowest BCUT2D eigenvalue weighted by Crippen LogP contribution is -2.48. The lowest BCUT2D eigenvalue weighted by molar-refractivity contribution is -0.124. The molecule has 9 nitrogen and oxygen atoms in total. The number of aromatic amines is 1. The summed E-state index contributed by atoms with van der Waals surface area (Å²) in [6.45, 7) is 4.63. The van der Waals surface area contributed by atoms with Crippen molar-refractivity contribution in [1.82, 2.24) is 25.6 Å². The standard InChI is InChI=1S/C29H35N5O4/c35-28(32-37)10-6-21-5-8-25-22(19-21)7-9-27(25)33(14-12-30-29(36)34-15-17-38-18-16-34)13-11-23-20-31-26-4-2-1-3-24(23)26/h1-6,8,10,19-20,27,31,37H,7,9,11-18H2,(H,30,36)(H,32,35)/b10-6+. The number of para-hydroxylation sites is 1. The molecule has 1 aliphatic carbocycles. The number of H-pyrrole nitrogens is 1. The molecule has 0 radical (unpaired) electrons. The summed E-state index contributed by atoms with van der Waals surface area (Å²) in [7, 11) is 0. The Kier molecular flexibility index (Phi) is 8.37. The topological polar surface area (TPSA) is 110 Å².